The number of benzene rings is 5. The Morgan fingerprint density at radius 1 is 0.689 bits per heavy atom. The van der Waals surface area contributed by atoms with Gasteiger partial charge in [0.05, 0.1) is 22.4 Å². The van der Waals surface area contributed by atoms with Crippen LogP contribution in [-0.2, 0) is 24.4 Å². The third-order valence-electron chi connectivity index (χ3n) is 9.14. The van der Waals surface area contributed by atoms with Crippen molar-refractivity contribution < 1.29 is 45.4 Å². The van der Waals surface area contributed by atoms with Gasteiger partial charge in [-0.25, -0.2) is 26.3 Å². The molecule has 2 aromatic heterocycles. The number of ether oxygens (including phenoxy) is 2. The Kier molecular flexibility index (Phi) is 14.6. The van der Waals surface area contributed by atoms with Crippen LogP contribution in [0.25, 0.3) is 16.9 Å². The minimum absolute atomic E-state index is 0.00141. The zero-order chi connectivity index (χ0) is 43.8. The molecule has 7 rings (SSSR count). The first-order chi connectivity index (χ1) is 29.2. The number of H-pyrrole nitrogens is 1. The molecule has 9 nitrogen and oxygen atoms in total. The standard InChI is InChI=1S/C26H19BrF3N5O.C18H14BrF3O3/c1-15-2-8-24(35(15)19-6-3-16(4-7-19)10-26-31-33-34-32-26)20-11-17(27)5-9-25(20)36-14-21-22(29)12-18(28)13-23(21)30;1-10(23)2-4-17(24)13-6-11(19)3-5-18(13)25-9-14-15(21)7-12(20)8-16(14)22/h2-9,11-13H,10,14H2,1H3,(H,31,32,33,34);3,5-8H,2,4,9H2,1H3. The highest BCUT2D eigenvalue weighted by molar-refractivity contribution is 9.10. The van der Waals surface area contributed by atoms with Crippen LogP contribution in [0.5, 0.6) is 11.5 Å². The molecule has 17 heteroatoms. The summed E-state index contributed by atoms with van der Waals surface area (Å²) < 4.78 is 96.6. The second-order valence-corrected chi connectivity index (χ2v) is 15.4. The van der Waals surface area contributed by atoms with E-state index in [2.05, 4.69) is 57.1 Å². The number of carbonyl (C=O) groups excluding carboxylic acids is 2. The highest BCUT2D eigenvalue weighted by Crippen LogP contribution is 2.37. The quantitative estimate of drug-likeness (QED) is 0.0853. The Morgan fingerprint density at radius 3 is 1.80 bits per heavy atom. The molecule has 0 spiro atoms. The third-order valence-corrected chi connectivity index (χ3v) is 10.1. The van der Waals surface area contributed by atoms with E-state index in [1.165, 1.54) is 19.1 Å². The number of halogens is 8. The Bertz CT molecular complexity index is 2650. The largest absolute Gasteiger partial charge is 0.488 e. The van der Waals surface area contributed by atoms with Crippen molar-refractivity contribution in [2.75, 3.05) is 0 Å². The van der Waals surface area contributed by atoms with Crippen LogP contribution >= 0.6 is 31.9 Å². The van der Waals surface area contributed by atoms with Crippen molar-refractivity contribution in [3.63, 3.8) is 0 Å². The molecule has 0 aliphatic rings. The Hall–Kier alpha value is -6.07. The summed E-state index contributed by atoms with van der Waals surface area (Å²) in [5.41, 5.74) is 3.90. The molecule has 0 saturated heterocycles. The number of hydrogen-bond donors (Lipinski definition) is 1. The zero-order valence-electron chi connectivity index (χ0n) is 32.2. The number of nitrogens with one attached hydrogen (secondary N) is 1. The fourth-order valence-corrected chi connectivity index (χ4v) is 6.83. The molecular weight excluding hydrogens is 936 g/mol. The summed E-state index contributed by atoms with van der Waals surface area (Å²) in [5.74, 6) is -5.43. The fraction of sp³-hybridized carbons (Fsp3) is 0.159. The lowest BCUT2D eigenvalue weighted by Crippen LogP contribution is -2.08. The highest BCUT2D eigenvalue weighted by Gasteiger charge is 2.19. The third kappa shape index (κ3) is 11.4. The molecule has 1 N–H and O–H groups in total. The molecule has 0 bridgehead atoms. The molecule has 0 amide bonds. The van der Waals surface area contributed by atoms with E-state index >= 15 is 0 Å². The van der Waals surface area contributed by atoms with Gasteiger partial charge in [-0.1, -0.05) is 49.2 Å². The maximum Gasteiger partial charge on any atom is 0.178 e. The Labute approximate surface area is 362 Å². The van der Waals surface area contributed by atoms with Gasteiger partial charge in [0.15, 0.2) is 11.6 Å². The summed E-state index contributed by atoms with van der Waals surface area (Å²) in [6.45, 7) is 2.47. The summed E-state index contributed by atoms with van der Waals surface area (Å²) in [6.07, 6.45) is 0.641. The van der Waals surface area contributed by atoms with Gasteiger partial charge in [-0.15, -0.1) is 10.2 Å². The van der Waals surface area contributed by atoms with Gasteiger partial charge < -0.3 is 18.8 Å². The molecule has 0 radical (unpaired) electrons. The van der Waals surface area contributed by atoms with Crippen LogP contribution in [0.3, 0.4) is 0 Å². The fourth-order valence-electron chi connectivity index (χ4n) is 6.11. The predicted molar refractivity (Wildman–Crippen MR) is 220 cm³/mol. The van der Waals surface area contributed by atoms with Gasteiger partial charge in [0.1, 0.15) is 65.4 Å². The number of aromatic amines is 1. The van der Waals surface area contributed by atoms with Crippen molar-refractivity contribution in [3.05, 3.63) is 175 Å². The van der Waals surface area contributed by atoms with Gasteiger partial charge in [-0.2, -0.15) is 5.21 Å². The van der Waals surface area contributed by atoms with E-state index < -0.39 is 53.7 Å². The van der Waals surface area contributed by atoms with Gasteiger partial charge in [0.2, 0.25) is 0 Å². The molecule has 0 aliphatic heterocycles. The Morgan fingerprint density at radius 2 is 1.25 bits per heavy atom. The van der Waals surface area contributed by atoms with E-state index in [4.69, 9.17) is 9.47 Å². The number of rotatable bonds is 14. The average molecular weight is 970 g/mol. The smallest absolute Gasteiger partial charge is 0.178 e. The van der Waals surface area contributed by atoms with Crippen LogP contribution in [0.1, 0.15) is 58.3 Å². The number of aromatic nitrogens is 5. The molecule has 0 unspecified atom stereocenters. The number of hydrogen-bond acceptors (Lipinski definition) is 7. The molecule has 0 saturated carbocycles. The van der Waals surface area contributed by atoms with Crippen molar-refractivity contribution in [1.82, 2.24) is 25.2 Å². The van der Waals surface area contributed by atoms with E-state index in [1.54, 1.807) is 18.2 Å². The van der Waals surface area contributed by atoms with Gasteiger partial charge in [-0.05, 0) is 80.1 Å². The van der Waals surface area contributed by atoms with Gasteiger partial charge in [-0.3, -0.25) is 4.79 Å². The monoisotopic (exact) mass is 967 g/mol. The first-order valence-corrected chi connectivity index (χ1v) is 19.9. The number of tetrazole rings is 1. The normalized spacial score (nSPS) is 10.9. The first kappa shape index (κ1) is 44.5. The number of Topliss-reactive ketones (excluding diaryl/α,β-unsaturated/α-hetero) is 2. The lowest BCUT2D eigenvalue weighted by molar-refractivity contribution is -0.117. The Balaban J connectivity index is 0.000000219. The van der Waals surface area contributed by atoms with E-state index in [0.717, 1.165) is 32.7 Å². The van der Waals surface area contributed by atoms with Crippen LogP contribution in [0.4, 0.5) is 26.3 Å². The van der Waals surface area contributed by atoms with Crippen LogP contribution in [0, 0.1) is 41.8 Å². The molecular formula is C44H33Br2F6N5O4. The summed E-state index contributed by atoms with van der Waals surface area (Å²) >= 11 is 6.74. The molecule has 7 aromatic rings. The summed E-state index contributed by atoms with van der Waals surface area (Å²) in [4.78, 5) is 23.3. The molecule has 0 atom stereocenters. The van der Waals surface area contributed by atoms with Crippen LogP contribution in [0.15, 0.2) is 106 Å². The van der Waals surface area contributed by atoms with Gasteiger partial charge in [0, 0.05) is 69.4 Å². The minimum atomic E-state index is -1.07. The average Bonchev–Trinajstić information content (AvgIpc) is 3.87. The van der Waals surface area contributed by atoms with E-state index in [9.17, 15) is 35.9 Å². The van der Waals surface area contributed by atoms with Crippen LogP contribution in [-0.4, -0.2) is 36.8 Å². The maximum absolute atomic E-state index is 14.2. The van der Waals surface area contributed by atoms with Crippen molar-refractivity contribution in [2.45, 2.75) is 46.3 Å². The van der Waals surface area contributed by atoms with Crippen molar-refractivity contribution in [2.24, 2.45) is 0 Å². The van der Waals surface area contributed by atoms with Crippen molar-refractivity contribution >= 4 is 43.4 Å². The predicted octanol–water partition coefficient (Wildman–Crippen LogP) is 11.3. The van der Waals surface area contributed by atoms with Gasteiger partial charge in [0.25, 0.3) is 0 Å². The maximum atomic E-state index is 14.2. The lowest BCUT2D eigenvalue weighted by atomic mass is 10.0. The first-order valence-electron chi connectivity index (χ1n) is 18.3. The SMILES string of the molecule is CC(=O)CCC(=O)c1cc(Br)ccc1OCc1c(F)cc(F)cc1F.Cc1ccc(-c2cc(Br)ccc2OCc2c(F)cc(F)cc2F)n1-c1ccc(Cc2nn[nH]n2)cc1. The number of aryl methyl sites for hydroxylation is 1. The highest BCUT2D eigenvalue weighted by atomic mass is 79.9. The van der Waals surface area contributed by atoms with Crippen molar-refractivity contribution in [1.29, 1.82) is 0 Å². The number of ketones is 2. The van der Waals surface area contributed by atoms with Crippen LogP contribution in [0.2, 0.25) is 0 Å². The van der Waals surface area contributed by atoms with E-state index in [-0.39, 0.29) is 41.3 Å². The van der Waals surface area contributed by atoms with E-state index in [0.29, 0.717) is 46.7 Å². The molecule has 2 heterocycles. The topological polar surface area (TPSA) is 112 Å². The molecule has 5 aromatic carbocycles. The summed E-state index contributed by atoms with van der Waals surface area (Å²) in [7, 11) is 0. The summed E-state index contributed by atoms with van der Waals surface area (Å²) in [6, 6.07) is 24.3. The second kappa shape index (κ2) is 20.0. The zero-order valence-corrected chi connectivity index (χ0v) is 35.4. The molecule has 314 valence electrons. The molecule has 61 heavy (non-hydrogen) atoms. The molecule has 0 aliphatic carbocycles. The van der Waals surface area contributed by atoms with Crippen molar-refractivity contribution in [3.8, 4) is 28.4 Å². The second-order valence-electron chi connectivity index (χ2n) is 13.5. The summed E-state index contributed by atoms with van der Waals surface area (Å²) in [5, 5.41) is 14.0. The van der Waals surface area contributed by atoms with Crippen LogP contribution < -0.4 is 9.47 Å². The van der Waals surface area contributed by atoms with Gasteiger partial charge >= 0.3 is 0 Å². The number of nitrogens with zero attached hydrogens (tertiary/aromatic N) is 4. The lowest BCUT2D eigenvalue weighted by Gasteiger charge is -2.17. The molecule has 0 fully saturated rings. The number of carbonyl (C=O) groups is 2. The minimum Gasteiger partial charge on any atom is -0.488 e. The van der Waals surface area contributed by atoms with E-state index in [1.807, 2.05) is 49.4 Å².